The number of likely N-dealkylation sites (tertiary alicyclic amines) is 1. The van der Waals surface area contributed by atoms with Crippen LogP contribution in [0.3, 0.4) is 0 Å². The van der Waals surface area contributed by atoms with Crippen molar-refractivity contribution in [2.75, 3.05) is 13.2 Å². The number of carbonyl (C=O) groups is 1. The lowest BCUT2D eigenvalue weighted by Crippen LogP contribution is -2.30. The maximum Gasteiger partial charge on any atom is 0.254 e. The Kier molecular flexibility index (Phi) is 4.42. The van der Waals surface area contributed by atoms with E-state index in [-0.39, 0.29) is 11.9 Å². The van der Waals surface area contributed by atoms with E-state index >= 15 is 0 Å². The molecule has 22 heavy (non-hydrogen) atoms. The van der Waals surface area contributed by atoms with E-state index in [1.807, 2.05) is 54.3 Å². The largest absolute Gasteiger partial charge is 0.494 e. The first kappa shape index (κ1) is 14.6. The number of hydrogen-bond acceptors (Lipinski definition) is 2. The molecule has 2 aromatic rings. The smallest absolute Gasteiger partial charge is 0.254 e. The van der Waals surface area contributed by atoms with Crippen molar-refractivity contribution in [3.8, 4) is 5.75 Å². The Hall–Kier alpha value is -2.29. The van der Waals surface area contributed by atoms with Gasteiger partial charge < -0.3 is 9.64 Å². The molecule has 114 valence electrons. The fourth-order valence-electron chi connectivity index (χ4n) is 3.06. The minimum absolute atomic E-state index is 0.122. The third kappa shape index (κ3) is 2.98. The zero-order valence-electron chi connectivity index (χ0n) is 12.9. The van der Waals surface area contributed by atoms with Gasteiger partial charge in [-0.25, -0.2) is 0 Å². The molecule has 1 saturated heterocycles. The summed E-state index contributed by atoms with van der Waals surface area (Å²) in [4.78, 5) is 14.7. The molecule has 0 bridgehead atoms. The van der Waals surface area contributed by atoms with Crippen molar-refractivity contribution in [3.05, 3.63) is 65.7 Å². The lowest BCUT2D eigenvalue weighted by molar-refractivity contribution is 0.0735. The quantitative estimate of drug-likeness (QED) is 0.851. The summed E-state index contributed by atoms with van der Waals surface area (Å²) in [5, 5.41) is 0. The van der Waals surface area contributed by atoms with Gasteiger partial charge in [-0.05, 0) is 49.6 Å². The highest BCUT2D eigenvalue weighted by Gasteiger charge is 2.30. The summed E-state index contributed by atoms with van der Waals surface area (Å²) in [6.07, 6.45) is 2.07. The van der Waals surface area contributed by atoms with Crippen molar-refractivity contribution in [3.63, 3.8) is 0 Å². The van der Waals surface area contributed by atoms with Gasteiger partial charge >= 0.3 is 0 Å². The minimum atomic E-state index is 0.122. The van der Waals surface area contributed by atoms with Gasteiger partial charge in [-0.15, -0.1) is 0 Å². The van der Waals surface area contributed by atoms with E-state index in [1.54, 1.807) is 0 Å². The molecular formula is C19H21NO2. The van der Waals surface area contributed by atoms with Gasteiger partial charge in [-0.1, -0.05) is 30.3 Å². The van der Waals surface area contributed by atoms with Gasteiger partial charge in [0.1, 0.15) is 5.75 Å². The third-order valence-corrected chi connectivity index (χ3v) is 4.11. The van der Waals surface area contributed by atoms with Gasteiger partial charge in [0, 0.05) is 12.1 Å². The molecule has 1 unspecified atom stereocenters. The second-order valence-electron chi connectivity index (χ2n) is 5.52. The van der Waals surface area contributed by atoms with E-state index < -0.39 is 0 Å². The van der Waals surface area contributed by atoms with E-state index in [0.717, 1.165) is 30.7 Å². The van der Waals surface area contributed by atoms with Crippen LogP contribution in [0, 0.1) is 0 Å². The van der Waals surface area contributed by atoms with Gasteiger partial charge in [0.15, 0.2) is 0 Å². The van der Waals surface area contributed by atoms with E-state index in [0.29, 0.717) is 6.61 Å². The third-order valence-electron chi connectivity index (χ3n) is 4.11. The van der Waals surface area contributed by atoms with Crippen molar-refractivity contribution < 1.29 is 9.53 Å². The summed E-state index contributed by atoms with van der Waals surface area (Å²) in [5.41, 5.74) is 1.95. The summed E-state index contributed by atoms with van der Waals surface area (Å²) in [6, 6.07) is 17.8. The van der Waals surface area contributed by atoms with E-state index in [2.05, 4.69) is 12.1 Å². The molecular weight excluding hydrogens is 274 g/mol. The molecule has 2 aromatic carbocycles. The number of hydrogen-bond donors (Lipinski definition) is 0. The summed E-state index contributed by atoms with van der Waals surface area (Å²) in [5.74, 6) is 1.00. The minimum Gasteiger partial charge on any atom is -0.494 e. The Morgan fingerprint density at radius 3 is 2.55 bits per heavy atom. The van der Waals surface area contributed by atoms with Crippen LogP contribution in [0.15, 0.2) is 54.6 Å². The first-order valence-corrected chi connectivity index (χ1v) is 7.88. The molecule has 1 aliphatic heterocycles. The highest BCUT2D eigenvalue weighted by molar-refractivity contribution is 5.94. The molecule has 1 amide bonds. The number of carbonyl (C=O) groups excluding carboxylic acids is 1. The Morgan fingerprint density at radius 2 is 1.86 bits per heavy atom. The average Bonchev–Trinajstić information content (AvgIpc) is 3.05. The molecule has 3 rings (SSSR count). The van der Waals surface area contributed by atoms with E-state index in [9.17, 15) is 4.79 Å². The van der Waals surface area contributed by atoms with Gasteiger partial charge in [-0.2, -0.15) is 0 Å². The SMILES string of the molecule is CCOc1ccc(C2CCCN2C(=O)c2ccccc2)cc1. The van der Waals surface area contributed by atoms with Crippen LogP contribution >= 0.6 is 0 Å². The fourth-order valence-corrected chi connectivity index (χ4v) is 3.06. The molecule has 0 saturated carbocycles. The van der Waals surface area contributed by atoms with E-state index in [1.165, 1.54) is 5.56 Å². The molecule has 0 aromatic heterocycles. The van der Waals surface area contributed by atoms with Gasteiger partial charge in [0.05, 0.1) is 12.6 Å². The van der Waals surface area contributed by atoms with Crippen LogP contribution in [0.2, 0.25) is 0 Å². The molecule has 0 N–H and O–H groups in total. The molecule has 1 atom stereocenters. The summed E-state index contributed by atoms with van der Waals surface area (Å²) in [6.45, 7) is 3.47. The second-order valence-corrected chi connectivity index (χ2v) is 5.52. The van der Waals surface area contributed by atoms with Crippen LogP contribution in [0.4, 0.5) is 0 Å². The van der Waals surface area contributed by atoms with E-state index in [4.69, 9.17) is 4.74 Å². The summed E-state index contributed by atoms with van der Waals surface area (Å²) in [7, 11) is 0. The molecule has 0 radical (unpaired) electrons. The standard InChI is InChI=1S/C19H21NO2/c1-2-22-17-12-10-15(11-13-17)18-9-6-14-20(18)19(21)16-7-4-3-5-8-16/h3-5,7-8,10-13,18H,2,6,9,14H2,1H3. The average molecular weight is 295 g/mol. The number of amides is 1. The molecule has 1 heterocycles. The first-order chi connectivity index (χ1) is 10.8. The predicted octanol–water partition coefficient (Wildman–Crippen LogP) is 4.06. The second kappa shape index (κ2) is 6.65. The van der Waals surface area contributed by atoms with Crippen molar-refractivity contribution in [2.45, 2.75) is 25.8 Å². The Morgan fingerprint density at radius 1 is 1.14 bits per heavy atom. The maximum atomic E-state index is 12.7. The molecule has 0 aliphatic carbocycles. The van der Waals surface area contributed by atoms with Gasteiger partial charge in [0.2, 0.25) is 0 Å². The highest BCUT2D eigenvalue weighted by atomic mass is 16.5. The Balaban J connectivity index is 1.79. The van der Waals surface area contributed by atoms with Crippen molar-refractivity contribution in [1.82, 2.24) is 4.90 Å². The molecule has 3 heteroatoms. The van der Waals surface area contributed by atoms with Gasteiger partial charge in [-0.3, -0.25) is 4.79 Å². The fraction of sp³-hybridized carbons (Fsp3) is 0.316. The monoisotopic (exact) mass is 295 g/mol. The maximum absolute atomic E-state index is 12.7. The number of ether oxygens (including phenoxy) is 1. The van der Waals surface area contributed by atoms with Crippen molar-refractivity contribution in [1.29, 1.82) is 0 Å². The predicted molar refractivity (Wildman–Crippen MR) is 87.1 cm³/mol. The van der Waals surface area contributed by atoms with Crippen LogP contribution in [-0.2, 0) is 0 Å². The highest BCUT2D eigenvalue weighted by Crippen LogP contribution is 2.33. The van der Waals surface area contributed by atoms with Crippen LogP contribution in [0.5, 0.6) is 5.75 Å². The van der Waals surface area contributed by atoms with Gasteiger partial charge in [0.25, 0.3) is 5.91 Å². The first-order valence-electron chi connectivity index (χ1n) is 7.88. The van der Waals surface area contributed by atoms with Crippen LogP contribution in [0.25, 0.3) is 0 Å². The Labute approximate surface area is 131 Å². The zero-order chi connectivity index (χ0) is 15.4. The molecule has 0 spiro atoms. The number of rotatable bonds is 4. The normalized spacial score (nSPS) is 17.5. The lowest BCUT2D eigenvalue weighted by Gasteiger charge is -2.25. The zero-order valence-corrected chi connectivity index (χ0v) is 12.9. The number of benzene rings is 2. The Bertz CT molecular complexity index is 622. The van der Waals surface area contributed by atoms with Crippen LogP contribution in [-0.4, -0.2) is 24.0 Å². The van der Waals surface area contributed by atoms with Crippen LogP contribution < -0.4 is 4.74 Å². The summed E-state index contributed by atoms with van der Waals surface area (Å²) < 4.78 is 5.49. The molecule has 1 fully saturated rings. The topological polar surface area (TPSA) is 29.5 Å². The van der Waals surface area contributed by atoms with Crippen molar-refractivity contribution in [2.24, 2.45) is 0 Å². The summed E-state index contributed by atoms with van der Waals surface area (Å²) >= 11 is 0. The number of nitrogens with zero attached hydrogens (tertiary/aromatic N) is 1. The molecule has 3 nitrogen and oxygen atoms in total. The van der Waals surface area contributed by atoms with Crippen molar-refractivity contribution >= 4 is 5.91 Å². The lowest BCUT2D eigenvalue weighted by atomic mass is 10.0. The molecule has 1 aliphatic rings. The van der Waals surface area contributed by atoms with Crippen LogP contribution in [0.1, 0.15) is 41.7 Å².